The topological polar surface area (TPSA) is 15.3 Å². The van der Waals surface area contributed by atoms with Crippen molar-refractivity contribution in [3.63, 3.8) is 0 Å². The molecule has 0 saturated carbocycles. The van der Waals surface area contributed by atoms with E-state index < -0.39 is 0 Å². The highest BCUT2D eigenvalue weighted by Crippen LogP contribution is 2.26. The lowest BCUT2D eigenvalue weighted by Gasteiger charge is -2.31. The van der Waals surface area contributed by atoms with Gasteiger partial charge in [0.05, 0.1) is 0 Å². The van der Waals surface area contributed by atoms with Crippen LogP contribution >= 0.6 is 27.7 Å². The normalized spacial score (nSPS) is 12.5. The van der Waals surface area contributed by atoms with Gasteiger partial charge in [-0.1, -0.05) is 29.8 Å². The van der Waals surface area contributed by atoms with Crippen LogP contribution in [0.4, 0.5) is 5.69 Å². The van der Waals surface area contributed by atoms with Crippen molar-refractivity contribution in [2.75, 3.05) is 30.5 Å². The smallest absolute Gasteiger partial charge is 0.0412 e. The molecule has 0 aliphatic carbocycles. The van der Waals surface area contributed by atoms with E-state index in [4.69, 9.17) is 0 Å². The van der Waals surface area contributed by atoms with E-state index in [1.165, 1.54) is 23.4 Å². The second-order valence-electron chi connectivity index (χ2n) is 4.68. The fraction of sp³-hybridized carbons (Fsp3) is 0.600. The molecule has 1 aromatic carbocycles. The number of anilines is 1. The Kier molecular flexibility index (Phi) is 7.88. The van der Waals surface area contributed by atoms with Crippen molar-refractivity contribution in [2.45, 2.75) is 32.9 Å². The summed E-state index contributed by atoms with van der Waals surface area (Å²) in [6.45, 7) is 6.33. The molecule has 0 heterocycles. The molecule has 0 amide bonds. The van der Waals surface area contributed by atoms with Gasteiger partial charge < -0.3 is 10.2 Å². The Morgan fingerprint density at radius 2 is 2.11 bits per heavy atom. The summed E-state index contributed by atoms with van der Waals surface area (Å²) in [7, 11) is 2.21. The minimum atomic E-state index is 0.594. The lowest BCUT2D eigenvalue weighted by molar-refractivity contribution is 0.663. The van der Waals surface area contributed by atoms with E-state index in [2.05, 4.69) is 71.5 Å². The van der Waals surface area contributed by atoms with Crippen molar-refractivity contribution < 1.29 is 0 Å². The van der Waals surface area contributed by atoms with Gasteiger partial charge in [0.2, 0.25) is 0 Å². The van der Waals surface area contributed by atoms with Gasteiger partial charge in [-0.15, -0.1) is 0 Å². The molecule has 0 radical (unpaired) electrons. The number of hydrogen-bond donors (Lipinski definition) is 1. The number of rotatable bonds is 8. The molecule has 1 rings (SSSR count). The predicted molar refractivity (Wildman–Crippen MR) is 92.4 cm³/mol. The van der Waals surface area contributed by atoms with Gasteiger partial charge in [0.15, 0.2) is 0 Å². The molecule has 0 saturated heterocycles. The maximum atomic E-state index is 3.57. The number of hydrogen-bond acceptors (Lipinski definition) is 3. The maximum absolute atomic E-state index is 3.57. The summed E-state index contributed by atoms with van der Waals surface area (Å²) in [6, 6.07) is 7.17. The van der Waals surface area contributed by atoms with Gasteiger partial charge in [0.25, 0.3) is 0 Å². The highest BCUT2D eigenvalue weighted by molar-refractivity contribution is 9.10. The summed E-state index contributed by atoms with van der Waals surface area (Å²) >= 11 is 5.49. The molecule has 0 aromatic heterocycles. The van der Waals surface area contributed by atoms with Gasteiger partial charge >= 0.3 is 0 Å². The number of thioether (sulfide) groups is 1. The molecule has 0 fully saturated rings. The third-order valence-electron chi connectivity index (χ3n) is 3.37. The zero-order valence-electron chi connectivity index (χ0n) is 12.4. The van der Waals surface area contributed by atoms with E-state index in [0.717, 1.165) is 17.6 Å². The molecule has 19 heavy (non-hydrogen) atoms. The second-order valence-corrected chi connectivity index (χ2v) is 6.51. The van der Waals surface area contributed by atoms with Crippen LogP contribution in [0, 0.1) is 0 Å². The first-order valence-electron chi connectivity index (χ1n) is 6.84. The average Bonchev–Trinajstić information content (AvgIpc) is 2.42. The molecule has 0 bridgehead atoms. The lowest BCUT2D eigenvalue weighted by Crippen LogP contribution is -2.34. The van der Waals surface area contributed by atoms with E-state index in [0.29, 0.717) is 6.04 Å². The van der Waals surface area contributed by atoms with Crippen LogP contribution in [0.5, 0.6) is 0 Å². The Hall–Kier alpha value is -0.190. The molecule has 1 aromatic rings. The number of halogens is 1. The summed E-state index contributed by atoms with van der Waals surface area (Å²) < 4.78 is 1.15. The third kappa shape index (κ3) is 5.01. The standard InChI is InChI=1S/C15H25BrN2S/c1-5-14(11-19-4)18(3)15-8-7-13(16)9-12(15)10-17-6-2/h7-9,14,17H,5-6,10-11H2,1-4H3. The SMILES string of the molecule is CCNCc1cc(Br)ccc1N(C)C(CC)CSC. The molecule has 2 nitrogen and oxygen atoms in total. The minimum Gasteiger partial charge on any atom is -0.371 e. The monoisotopic (exact) mass is 344 g/mol. The van der Waals surface area contributed by atoms with Crippen LogP contribution in [0.3, 0.4) is 0 Å². The van der Waals surface area contributed by atoms with E-state index in [1.54, 1.807) is 0 Å². The highest BCUT2D eigenvalue weighted by atomic mass is 79.9. The van der Waals surface area contributed by atoms with Crippen molar-refractivity contribution in [1.29, 1.82) is 0 Å². The molecule has 0 aliphatic rings. The molecule has 1 atom stereocenters. The van der Waals surface area contributed by atoms with Gasteiger partial charge in [-0.3, -0.25) is 0 Å². The fourth-order valence-corrected chi connectivity index (χ4v) is 3.44. The van der Waals surface area contributed by atoms with Crippen LogP contribution in [0.1, 0.15) is 25.8 Å². The van der Waals surface area contributed by atoms with Crippen LogP contribution < -0.4 is 10.2 Å². The van der Waals surface area contributed by atoms with Crippen LogP contribution in [-0.2, 0) is 6.54 Å². The zero-order valence-corrected chi connectivity index (χ0v) is 14.8. The second kappa shape index (κ2) is 8.88. The van der Waals surface area contributed by atoms with Gasteiger partial charge in [0.1, 0.15) is 0 Å². The summed E-state index contributed by atoms with van der Waals surface area (Å²) in [5, 5.41) is 3.42. The number of nitrogens with zero attached hydrogens (tertiary/aromatic N) is 1. The fourth-order valence-electron chi connectivity index (χ4n) is 2.19. The molecule has 108 valence electrons. The Labute approximate surface area is 130 Å². The van der Waals surface area contributed by atoms with Crippen molar-refractivity contribution in [3.05, 3.63) is 28.2 Å². The van der Waals surface area contributed by atoms with Gasteiger partial charge in [-0.25, -0.2) is 0 Å². The molecule has 4 heteroatoms. The van der Waals surface area contributed by atoms with Gasteiger partial charge in [-0.2, -0.15) is 11.8 Å². The molecule has 1 unspecified atom stereocenters. The molecular weight excluding hydrogens is 320 g/mol. The minimum absolute atomic E-state index is 0.594. The van der Waals surface area contributed by atoms with Gasteiger partial charge in [0, 0.05) is 35.5 Å². The number of benzene rings is 1. The summed E-state index contributed by atoms with van der Waals surface area (Å²) in [5.41, 5.74) is 2.70. The largest absolute Gasteiger partial charge is 0.371 e. The molecule has 1 N–H and O–H groups in total. The van der Waals surface area contributed by atoms with Gasteiger partial charge in [-0.05, 0) is 43.0 Å². The molecule has 0 spiro atoms. The first-order chi connectivity index (χ1) is 9.13. The average molecular weight is 345 g/mol. The van der Waals surface area contributed by atoms with E-state index in [9.17, 15) is 0 Å². The zero-order chi connectivity index (χ0) is 14.3. The van der Waals surface area contributed by atoms with E-state index >= 15 is 0 Å². The third-order valence-corrected chi connectivity index (χ3v) is 4.58. The van der Waals surface area contributed by atoms with Crippen molar-refractivity contribution in [2.24, 2.45) is 0 Å². The summed E-state index contributed by atoms with van der Waals surface area (Å²) in [5.74, 6) is 1.17. The number of nitrogens with one attached hydrogen (secondary N) is 1. The predicted octanol–water partition coefficient (Wildman–Crippen LogP) is 4.14. The summed E-state index contributed by atoms with van der Waals surface area (Å²) in [6.07, 6.45) is 3.35. The van der Waals surface area contributed by atoms with Crippen LogP contribution in [0.25, 0.3) is 0 Å². The Bertz CT molecular complexity index is 384. The van der Waals surface area contributed by atoms with Crippen molar-refractivity contribution in [1.82, 2.24) is 5.32 Å². The Morgan fingerprint density at radius 1 is 1.37 bits per heavy atom. The molecular formula is C15H25BrN2S. The van der Waals surface area contributed by atoms with Crippen LogP contribution in [0.15, 0.2) is 22.7 Å². The first-order valence-corrected chi connectivity index (χ1v) is 9.03. The quantitative estimate of drug-likeness (QED) is 0.762. The molecule has 0 aliphatic heterocycles. The first kappa shape index (κ1) is 16.9. The highest BCUT2D eigenvalue weighted by Gasteiger charge is 2.15. The Balaban J connectivity index is 2.96. The maximum Gasteiger partial charge on any atom is 0.0412 e. The van der Waals surface area contributed by atoms with Crippen molar-refractivity contribution in [3.8, 4) is 0 Å². The summed E-state index contributed by atoms with van der Waals surface area (Å²) in [4.78, 5) is 2.43. The van der Waals surface area contributed by atoms with Crippen molar-refractivity contribution >= 4 is 33.4 Å². The van der Waals surface area contributed by atoms with Crippen LogP contribution in [-0.4, -0.2) is 31.6 Å². The van der Waals surface area contributed by atoms with E-state index in [-0.39, 0.29) is 0 Å². The van der Waals surface area contributed by atoms with Crippen LogP contribution in [0.2, 0.25) is 0 Å². The van der Waals surface area contributed by atoms with E-state index in [1.807, 2.05) is 11.8 Å². The Morgan fingerprint density at radius 3 is 2.68 bits per heavy atom. The lowest BCUT2D eigenvalue weighted by atomic mass is 10.1.